The summed E-state index contributed by atoms with van der Waals surface area (Å²) in [5.41, 5.74) is 0.294. The van der Waals surface area contributed by atoms with Crippen LogP contribution in [0.25, 0.3) is 0 Å². The Hall–Kier alpha value is -1.93. The van der Waals surface area contributed by atoms with Gasteiger partial charge in [0.25, 0.3) is 0 Å². The molecule has 5 heteroatoms. The molecule has 1 amide bonds. The minimum absolute atomic E-state index is 0.0499. The number of nitrogens with one attached hydrogen (secondary N) is 2. The molecule has 2 N–H and O–H groups in total. The second-order valence-corrected chi connectivity index (χ2v) is 7.56. The predicted molar refractivity (Wildman–Crippen MR) is 98.6 cm³/mol. The fourth-order valence-corrected chi connectivity index (χ4v) is 3.42. The molecule has 1 aliphatic carbocycles. The van der Waals surface area contributed by atoms with E-state index in [0.29, 0.717) is 5.92 Å². The molecule has 25 heavy (non-hydrogen) atoms. The Labute approximate surface area is 151 Å². The van der Waals surface area contributed by atoms with Crippen molar-refractivity contribution in [3.8, 4) is 6.07 Å². The fourth-order valence-electron chi connectivity index (χ4n) is 3.42. The number of amides is 1. The molecule has 0 unspecified atom stereocenters. The summed E-state index contributed by atoms with van der Waals surface area (Å²) in [4.78, 5) is 16.6. The fraction of sp³-hybridized carbons (Fsp3) is 0.650. The Kier molecular flexibility index (Phi) is 6.95. The monoisotopic (exact) mass is 342 g/mol. The van der Waals surface area contributed by atoms with Gasteiger partial charge >= 0.3 is 0 Å². The van der Waals surface area contributed by atoms with Crippen LogP contribution in [0.4, 0.5) is 0 Å². The first kappa shape index (κ1) is 19.4. The molecule has 1 aromatic rings. The van der Waals surface area contributed by atoms with Crippen molar-refractivity contribution < 1.29 is 4.79 Å². The third-order valence-electron chi connectivity index (χ3n) is 5.43. The molecule has 1 saturated carbocycles. The second-order valence-electron chi connectivity index (χ2n) is 7.56. The van der Waals surface area contributed by atoms with Gasteiger partial charge in [-0.15, -0.1) is 0 Å². The van der Waals surface area contributed by atoms with Crippen LogP contribution in [0.1, 0.15) is 64.5 Å². The molecule has 1 fully saturated rings. The van der Waals surface area contributed by atoms with E-state index in [9.17, 15) is 10.1 Å². The van der Waals surface area contributed by atoms with Gasteiger partial charge in [-0.25, -0.2) is 0 Å². The van der Waals surface area contributed by atoms with Crippen molar-refractivity contribution in [1.29, 1.82) is 5.26 Å². The van der Waals surface area contributed by atoms with Crippen LogP contribution in [-0.4, -0.2) is 23.0 Å². The average Bonchev–Trinajstić information content (AvgIpc) is 2.63. The normalized spacial score (nSPS) is 19.0. The van der Waals surface area contributed by atoms with Gasteiger partial charge in [0.2, 0.25) is 5.91 Å². The summed E-state index contributed by atoms with van der Waals surface area (Å²) in [6.07, 6.45) is 9.80. The predicted octanol–water partition coefficient (Wildman–Crippen LogP) is 3.35. The number of hydrogen-bond acceptors (Lipinski definition) is 4. The van der Waals surface area contributed by atoms with E-state index >= 15 is 0 Å². The van der Waals surface area contributed by atoms with Gasteiger partial charge in [-0.3, -0.25) is 9.78 Å². The topological polar surface area (TPSA) is 77.8 Å². The smallest absolute Gasteiger partial charge is 0.235 e. The maximum atomic E-state index is 12.4. The average molecular weight is 342 g/mol. The Morgan fingerprint density at radius 3 is 2.68 bits per heavy atom. The lowest BCUT2D eigenvalue weighted by atomic mass is 9.81. The number of aromatic nitrogens is 1. The zero-order valence-electron chi connectivity index (χ0n) is 15.6. The van der Waals surface area contributed by atoms with Crippen molar-refractivity contribution in [1.82, 2.24) is 15.6 Å². The minimum Gasteiger partial charge on any atom is -0.337 e. The maximum absolute atomic E-state index is 12.4. The first-order valence-corrected chi connectivity index (χ1v) is 9.32. The lowest BCUT2D eigenvalue weighted by Crippen LogP contribution is -2.51. The molecular weight excluding hydrogens is 312 g/mol. The summed E-state index contributed by atoms with van der Waals surface area (Å²) in [5.74, 6) is 0.439. The molecule has 2 rings (SSSR count). The maximum Gasteiger partial charge on any atom is 0.235 e. The number of nitriles is 1. The molecule has 0 spiro atoms. The molecule has 0 aromatic carbocycles. The van der Waals surface area contributed by atoms with Crippen LogP contribution in [0.5, 0.6) is 0 Å². The highest BCUT2D eigenvalue weighted by molar-refractivity contribution is 5.79. The molecule has 1 aromatic heterocycles. The molecule has 0 saturated heterocycles. The summed E-state index contributed by atoms with van der Waals surface area (Å²) in [6, 6.07) is 6.37. The number of hydrogen-bond donors (Lipinski definition) is 2. The van der Waals surface area contributed by atoms with E-state index in [1.54, 1.807) is 13.1 Å². The van der Waals surface area contributed by atoms with Gasteiger partial charge in [0.1, 0.15) is 5.54 Å². The van der Waals surface area contributed by atoms with Crippen molar-refractivity contribution in [3.05, 3.63) is 30.1 Å². The Bertz CT molecular complexity index is 589. The molecule has 5 nitrogen and oxygen atoms in total. The van der Waals surface area contributed by atoms with Crippen LogP contribution in [0.2, 0.25) is 0 Å². The van der Waals surface area contributed by atoms with E-state index in [0.717, 1.165) is 5.56 Å². The number of rotatable bonds is 7. The Morgan fingerprint density at radius 1 is 1.40 bits per heavy atom. The Balaban J connectivity index is 2.02. The number of pyridine rings is 1. The standard InChI is InChI=1S/C20H30N4O/c1-15(2)20(3,14-21)24-18(25)13-23-19(16-8-5-4-6-9-16)17-10-7-11-22-12-17/h7,10-12,15-16,19,23H,4-6,8-9,13H2,1-3H3,(H,24,25)/t19-,20-/m0/s1. The van der Waals surface area contributed by atoms with Crippen molar-refractivity contribution in [2.75, 3.05) is 6.54 Å². The largest absolute Gasteiger partial charge is 0.337 e. The van der Waals surface area contributed by atoms with E-state index in [4.69, 9.17) is 0 Å². The highest BCUT2D eigenvalue weighted by atomic mass is 16.2. The van der Waals surface area contributed by atoms with E-state index < -0.39 is 5.54 Å². The summed E-state index contributed by atoms with van der Waals surface area (Å²) in [6.45, 7) is 5.87. The van der Waals surface area contributed by atoms with Crippen molar-refractivity contribution >= 4 is 5.91 Å². The van der Waals surface area contributed by atoms with E-state index in [1.165, 1.54) is 32.1 Å². The second kappa shape index (κ2) is 8.96. The summed E-state index contributed by atoms with van der Waals surface area (Å²) >= 11 is 0. The summed E-state index contributed by atoms with van der Waals surface area (Å²) in [5, 5.41) is 15.7. The first-order chi connectivity index (χ1) is 12.0. The van der Waals surface area contributed by atoms with Crippen LogP contribution < -0.4 is 10.6 Å². The zero-order valence-corrected chi connectivity index (χ0v) is 15.6. The third kappa shape index (κ3) is 5.27. The lowest BCUT2D eigenvalue weighted by molar-refractivity contribution is -0.122. The number of nitrogens with zero attached hydrogens (tertiary/aromatic N) is 2. The molecule has 0 aliphatic heterocycles. The Morgan fingerprint density at radius 2 is 2.12 bits per heavy atom. The zero-order chi connectivity index (χ0) is 18.3. The van der Waals surface area contributed by atoms with Gasteiger partial charge < -0.3 is 10.6 Å². The number of carbonyl (C=O) groups excluding carboxylic acids is 1. The molecule has 2 atom stereocenters. The summed E-state index contributed by atoms with van der Waals surface area (Å²) in [7, 11) is 0. The SMILES string of the molecule is CC(C)[C@](C)(C#N)NC(=O)CN[C@H](c1cccnc1)C1CCCCC1. The van der Waals surface area contributed by atoms with E-state index in [2.05, 4.69) is 27.8 Å². The molecular formula is C20H30N4O. The van der Waals surface area contributed by atoms with Gasteiger partial charge in [0.15, 0.2) is 0 Å². The summed E-state index contributed by atoms with van der Waals surface area (Å²) < 4.78 is 0. The molecule has 1 aliphatic rings. The van der Waals surface area contributed by atoms with Gasteiger partial charge in [-0.1, -0.05) is 39.2 Å². The van der Waals surface area contributed by atoms with Crippen molar-refractivity contribution in [2.24, 2.45) is 11.8 Å². The van der Waals surface area contributed by atoms with Crippen LogP contribution in [0, 0.1) is 23.2 Å². The van der Waals surface area contributed by atoms with Crippen molar-refractivity contribution in [2.45, 2.75) is 64.5 Å². The van der Waals surface area contributed by atoms with E-state index in [1.807, 2.05) is 26.1 Å². The highest BCUT2D eigenvalue weighted by Gasteiger charge is 2.31. The lowest BCUT2D eigenvalue weighted by Gasteiger charge is -2.32. The van der Waals surface area contributed by atoms with Crippen molar-refractivity contribution in [3.63, 3.8) is 0 Å². The number of carbonyl (C=O) groups is 1. The molecule has 0 bridgehead atoms. The molecule has 136 valence electrons. The van der Waals surface area contributed by atoms with E-state index in [-0.39, 0.29) is 24.4 Å². The van der Waals surface area contributed by atoms with Gasteiger partial charge in [-0.05, 0) is 43.2 Å². The van der Waals surface area contributed by atoms with Gasteiger partial charge in [-0.2, -0.15) is 5.26 Å². The third-order valence-corrected chi connectivity index (χ3v) is 5.43. The van der Waals surface area contributed by atoms with Gasteiger partial charge in [0.05, 0.1) is 12.6 Å². The highest BCUT2D eigenvalue weighted by Crippen LogP contribution is 2.34. The van der Waals surface area contributed by atoms with Crippen LogP contribution in [-0.2, 0) is 4.79 Å². The minimum atomic E-state index is -0.840. The van der Waals surface area contributed by atoms with Crippen LogP contribution in [0.3, 0.4) is 0 Å². The van der Waals surface area contributed by atoms with Gasteiger partial charge in [0, 0.05) is 18.4 Å². The quantitative estimate of drug-likeness (QED) is 0.796. The molecule has 0 radical (unpaired) electrons. The van der Waals surface area contributed by atoms with Crippen LogP contribution >= 0.6 is 0 Å². The van der Waals surface area contributed by atoms with Crippen LogP contribution in [0.15, 0.2) is 24.5 Å². The molecule has 1 heterocycles. The first-order valence-electron chi connectivity index (χ1n) is 9.32.